The minimum absolute atomic E-state index is 0.438. The van der Waals surface area contributed by atoms with Crippen molar-refractivity contribution < 1.29 is 0 Å². The average molecular weight is 292 g/mol. The van der Waals surface area contributed by atoms with Crippen molar-refractivity contribution in [3.05, 3.63) is 23.8 Å². The van der Waals surface area contributed by atoms with Gasteiger partial charge in [-0.1, -0.05) is 30.2 Å². The minimum Gasteiger partial charge on any atom is -0.360 e. The Kier molecular flexibility index (Phi) is 3.72. The van der Waals surface area contributed by atoms with Crippen LogP contribution in [0.2, 0.25) is 0 Å². The normalized spacial score (nSPS) is 18.0. The predicted octanol–water partition coefficient (Wildman–Crippen LogP) is 4.69. The average Bonchev–Trinajstić information content (AvgIpc) is 3.02. The highest BCUT2D eigenvalue weighted by molar-refractivity contribution is 8.00. The number of anilines is 1. The number of fused-ring (bicyclic) bond motifs is 1. The number of aryl methyl sites for hydroxylation is 1. The molecule has 102 valence electrons. The fourth-order valence-corrected chi connectivity index (χ4v) is 4.69. The highest BCUT2D eigenvalue weighted by Gasteiger charge is 2.32. The highest BCUT2D eigenvalue weighted by Crippen LogP contribution is 2.40. The van der Waals surface area contributed by atoms with E-state index in [0.29, 0.717) is 4.75 Å². The number of nitrogens with one attached hydrogen (secondary N) is 1. The lowest BCUT2D eigenvalue weighted by Crippen LogP contribution is -2.29. The molecule has 2 nitrogen and oxygen atoms in total. The van der Waals surface area contributed by atoms with E-state index in [4.69, 9.17) is 0 Å². The molecule has 1 N–H and O–H groups in total. The molecule has 1 saturated carbocycles. The molecule has 1 aliphatic carbocycles. The lowest BCUT2D eigenvalue weighted by molar-refractivity contribution is 0.640. The van der Waals surface area contributed by atoms with Crippen LogP contribution in [0.25, 0.3) is 10.2 Å². The van der Waals surface area contributed by atoms with Gasteiger partial charge in [0.1, 0.15) is 0 Å². The molecule has 0 saturated heterocycles. The Morgan fingerprint density at radius 1 is 1.37 bits per heavy atom. The van der Waals surface area contributed by atoms with Gasteiger partial charge in [-0.2, -0.15) is 11.8 Å². The number of nitrogens with zero attached hydrogens (tertiary/aromatic N) is 1. The third-order valence-corrected chi connectivity index (χ3v) is 6.45. The summed E-state index contributed by atoms with van der Waals surface area (Å²) in [5.41, 5.74) is 2.42. The van der Waals surface area contributed by atoms with Crippen molar-refractivity contribution in [3.8, 4) is 0 Å². The second-order valence-corrected chi connectivity index (χ2v) is 7.74. The molecule has 2 aromatic rings. The molecule has 0 bridgehead atoms. The number of thiazole rings is 1. The maximum Gasteiger partial charge on any atom is 0.183 e. The summed E-state index contributed by atoms with van der Waals surface area (Å²) in [7, 11) is 0. The van der Waals surface area contributed by atoms with Gasteiger partial charge in [-0.3, -0.25) is 0 Å². The van der Waals surface area contributed by atoms with Crippen LogP contribution >= 0.6 is 23.1 Å². The van der Waals surface area contributed by atoms with E-state index in [0.717, 1.165) is 17.2 Å². The zero-order chi connectivity index (χ0) is 13.3. The molecular weight excluding hydrogens is 272 g/mol. The van der Waals surface area contributed by atoms with E-state index in [-0.39, 0.29) is 0 Å². The van der Waals surface area contributed by atoms with E-state index in [1.165, 1.54) is 35.9 Å². The highest BCUT2D eigenvalue weighted by atomic mass is 32.2. The molecule has 0 amide bonds. The molecule has 4 heteroatoms. The Morgan fingerprint density at radius 3 is 2.89 bits per heavy atom. The van der Waals surface area contributed by atoms with Crippen molar-refractivity contribution >= 4 is 38.4 Å². The standard InChI is InChI=1S/C15H20N2S2/c1-11-5-6-12-13(9-11)19-14(17-12)16-10-15(18-2)7-3-4-8-15/h5-6,9H,3-4,7-8,10H2,1-2H3,(H,16,17). The van der Waals surface area contributed by atoms with Crippen LogP contribution in [0, 0.1) is 6.92 Å². The first-order valence-electron chi connectivity index (χ1n) is 6.87. The molecule has 0 spiro atoms. The van der Waals surface area contributed by atoms with Gasteiger partial charge in [-0.25, -0.2) is 4.98 Å². The van der Waals surface area contributed by atoms with E-state index in [1.54, 1.807) is 11.3 Å². The molecule has 19 heavy (non-hydrogen) atoms. The van der Waals surface area contributed by atoms with Crippen LogP contribution in [0.1, 0.15) is 31.2 Å². The first-order chi connectivity index (χ1) is 9.21. The summed E-state index contributed by atoms with van der Waals surface area (Å²) in [6.45, 7) is 3.18. The maximum absolute atomic E-state index is 4.68. The summed E-state index contributed by atoms with van der Waals surface area (Å²) in [6.07, 6.45) is 7.67. The van der Waals surface area contributed by atoms with Gasteiger partial charge in [0.05, 0.1) is 10.2 Å². The summed E-state index contributed by atoms with van der Waals surface area (Å²) < 4.78 is 1.72. The number of rotatable bonds is 4. The summed E-state index contributed by atoms with van der Waals surface area (Å²) in [4.78, 5) is 4.68. The number of hydrogen-bond donors (Lipinski definition) is 1. The quantitative estimate of drug-likeness (QED) is 0.884. The maximum atomic E-state index is 4.68. The van der Waals surface area contributed by atoms with Crippen molar-refractivity contribution in [2.45, 2.75) is 37.4 Å². The van der Waals surface area contributed by atoms with Gasteiger partial charge < -0.3 is 5.32 Å². The Labute approximate surface area is 123 Å². The molecule has 3 rings (SSSR count). The van der Waals surface area contributed by atoms with Crippen molar-refractivity contribution in [2.75, 3.05) is 18.1 Å². The van der Waals surface area contributed by atoms with Crippen LogP contribution in [0.15, 0.2) is 18.2 Å². The first kappa shape index (κ1) is 13.3. The molecule has 1 aromatic carbocycles. The number of hydrogen-bond acceptors (Lipinski definition) is 4. The lowest BCUT2D eigenvalue weighted by atomic mass is 10.1. The summed E-state index contributed by atoms with van der Waals surface area (Å²) in [5, 5.41) is 4.64. The van der Waals surface area contributed by atoms with Crippen LogP contribution < -0.4 is 5.32 Å². The van der Waals surface area contributed by atoms with Crippen LogP contribution in [0.5, 0.6) is 0 Å². The number of thioether (sulfide) groups is 1. The number of aromatic nitrogens is 1. The van der Waals surface area contributed by atoms with E-state index in [1.807, 2.05) is 11.8 Å². The van der Waals surface area contributed by atoms with Gasteiger partial charge in [0.25, 0.3) is 0 Å². The van der Waals surface area contributed by atoms with Crippen molar-refractivity contribution in [1.29, 1.82) is 0 Å². The Bertz CT molecular complexity index is 571. The summed E-state index contributed by atoms with van der Waals surface area (Å²) in [5.74, 6) is 0. The monoisotopic (exact) mass is 292 g/mol. The van der Waals surface area contributed by atoms with Gasteiger partial charge in [-0.05, 0) is 43.7 Å². The molecule has 0 aliphatic heterocycles. The van der Waals surface area contributed by atoms with Crippen LogP contribution in [-0.4, -0.2) is 22.5 Å². The lowest BCUT2D eigenvalue weighted by Gasteiger charge is -2.26. The van der Waals surface area contributed by atoms with Crippen LogP contribution in [0.3, 0.4) is 0 Å². The zero-order valence-electron chi connectivity index (χ0n) is 11.5. The minimum atomic E-state index is 0.438. The van der Waals surface area contributed by atoms with E-state index < -0.39 is 0 Å². The predicted molar refractivity (Wildman–Crippen MR) is 87.6 cm³/mol. The summed E-state index contributed by atoms with van der Waals surface area (Å²) >= 11 is 3.80. The Hall–Kier alpha value is -0.740. The van der Waals surface area contributed by atoms with Crippen LogP contribution in [0.4, 0.5) is 5.13 Å². The molecular formula is C15H20N2S2. The van der Waals surface area contributed by atoms with Crippen LogP contribution in [-0.2, 0) is 0 Å². The van der Waals surface area contributed by atoms with Crippen molar-refractivity contribution in [3.63, 3.8) is 0 Å². The molecule has 1 aromatic heterocycles. The molecule has 1 heterocycles. The smallest absolute Gasteiger partial charge is 0.183 e. The second kappa shape index (κ2) is 5.33. The zero-order valence-corrected chi connectivity index (χ0v) is 13.2. The first-order valence-corrected chi connectivity index (χ1v) is 8.91. The fourth-order valence-electron chi connectivity index (χ4n) is 2.82. The van der Waals surface area contributed by atoms with Crippen molar-refractivity contribution in [1.82, 2.24) is 4.98 Å². The molecule has 0 unspecified atom stereocenters. The molecule has 0 radical (unpaired) electrons. The van der Waals surface area contributed by atoms with Gasteiger partial charge in [0.2, 0.25) is 0 Å². The second-order valence-electron chi connectivity index (χ2n) is 5.44. The largest absolute Gasteiger partial charge is 0.360 e. The Balaban J connectivity index is 1.74. The topological polar surface area (TPSA) is 24.9 Å². The third kappa shape index (κ3) is 2.75. The van der Waals surface area contributed by atoms with E-state index >= 15 is 0 Å². The van der Waals surface area contributed by atoms with E-state index in [9.17, 15) is 0 Å². The fraction of sp³-hybridized carbons (Fsp3) is 0.533. The molecule has 1 aliphatic rings. The van der Waals surface area contributed by atoms with Gasteiger partial charge in [-0.15, -0.1) is 0 Å². The van der Waals surface area contributed by atoms with Gasteiger partial charge in [0, 0.05) is 11.3 Å². The van der Waals surface area contributed by atoms with Crippen molar-refractivity contribution in [2.24, 2.45) is 0 Å². The molecule has 0 atom stereocenters. The SMILES string of the molecule is CSC1(CNc2nc3ccc(C)cc3s2)CCCC1. The summed E-state index contributed by atoms with van der Waals surface area (Å²) in [6, 6.07) is 6.47. The Morgan fingerprint density at radius 2 is 2.16 bits per heavy atom. The number of benzene rings is 1. The van der Waals surface area contributed by atoms with Gasteiger partial charge in [0.15, 0.2) is 5.13 Å². The van der Waals surface area contributed by atoms with E-state index in [2.05, 4.69) is 41.7 Å². The molecule has 1 fully saturated rings. The van der Waals surface area contributed by atoms with Gasteiger partial charge >= 0.3 is 0 Å². The third-order valence-electron chi connectivity index (χ3n) is 4.05.